The van der Waals surface area contributed by atoms with E-state index in [9.17, 15) is 0 Å². The molecule has 55 heavy (non-hydrogen) atoms. The normalized spacial score (nSPS) is 14.3. The third-order valence-electron chi connectivity index (χ3n) is 11.7. The first-order chi connectivity index (χ1) is 23.9. The van der Waals surface area contributed by atoms with Crippen molar-refractivity contribution in [1.82, 2.24) is 0 Å². The van der Waals surface area contributed by atoms with Gasteiger partial charge in [-0.3, -0.25) is 0 Å². The van der Waals surface area contributed by atoms with Crippen LogP contribution in [-0.2, 0) is 0 Å². The van der Waals surface area contributed by atoms with Crippen LogP contribution < -0.4 is 18.9 Å². The molecule has 0 nitrogen and oxygen atoms in total. The molecule has 0 saturated heterocycles. The summed E-state index contributed by atoms with van der Waals surface area (Å²) in [6.45, 7) is 62.8. The Balaban J connectivity index is 0.0000105. The molecule has 0 aliphatic rings. The zero-order chi connectivity index (χ0) is 42.0. The molecule has 0 amide bonds. The second-order valence-corrected chi connectivity index (χ2v) is 70.6. The molecule has 0 fully saturated rings. The molecule has 3 aromatic rings. The molecule has 0 spiro atoms. The maximum Gasteiger partial charge on any atom is 1.00 e. The van der Waals surface area contributed by atoms with Crippen molar-refractivity contribution in [1.29, 1.82) is 0 Å². The van der Waals surface area contributed by atoms with Gasteiger partial charge in [0, 0.05) is 64.6 Å². The predicted octanol–water partition coefficient (Wildman–Crippen LogP) is 13.2. The van der Waals surface area contributed by atoms with Crippen LogP contribution in [0, 0.1) is 6.07 Å². The minimum absolute atomic E-state index is 0. The molecule has 0 aliphatic heterocycles. The van der Waals surface area contributed by atoms with Crippen molar-refractivity contribution in [2.45, 2.75) is 178 Å². The monoisotopic (exact) mass is 868 g/mol. The molecular formula is C46H85LiSi8. The van der Waals surface area contributed by atoms with E-state index in [-0.39, 0.29) is 18.9 Å². The number of benzene rings is 3. The number of rotatable bonds is 14. The van der Waals surface area contributed by atoms with Gasteiger partial charge in [0.05, 0.1) is 0 Å². The molecule has 3 aromatic carbocycles. The maximum atomic E-state index is 4.27. The van der Waals surface area contributed by atoms with Crippen molar-refractivity contribution in [3.05, 3.63) is 82.9 Å². The average molecular weight is 870 g/mol. The van der Waals surface area contributed by atoms with Crippen molar-refractivity contribution < 1.29 is 18.9 Å². The molecule has 0 unspecified atom stereocenters. The zero-order valence-corrected chi connectivity index (χ0v) is 49.0. The fourth-order valence-corrected chi connectivity index (χ4v) is 63.3. The Morgan fingerprint density at radius 3 is 0.782 bits per heavy atom. The van der Waals surface area contributed by atoms with Gasteiger partial charge in [-0.05, 0) is 20.7 Å². The van der Waals surface area contributed by atoms with Crippen LogP contribution in [0.25, 0.3) is 22.3 Å². The molecule has 9 heteroatoms. The third kappa shape index (κ3) is 12.5. The van der Waals surface area contributed by atoms with E-state index < -0.39 is 64.6 Å². The molecule has 0 saturated carbocycles. The van der Waals surface area contributed by atoms with E-state index in [0.29, 0.717) is 20.7 Å². The summed E-state index contributed by atoms with van der Waals surface area (Å²) in [6, 6.07) is 27.3. The summed E-state index contributed by atoms with van der Waals surface area (Å²) in [7, 11) is -12.2. The van der Waals surface area contributed by atoms with Gasteiger partial charge in [-0.1, -0.05) is 227 Å². The predicted molar refractivity (Wildman–Crippen MR) is 274 cm³/mol. The third-order valence-corrected chi connectivity index (χ3v) is 49.0. The van der Waals surface area contributed by atoms with Gasteiger partial charge in [0.1, 0.15) is 0 Å². The van der Waals surface area contributed by atoms with Gasteiger partial charge in [-0.15, -0.1) is 35.4 Å². The smallest absolute Gasteiger partial charge is 0.129 e. The van der Waals surface area contributed by atoms with E-state index in [4.69, 9.17) is 0 Å². The van der Waals surface area contributed by atoms with Gasteiger partial charge in [0.25, 0.3) is 0 Å². The second-order valence-electron chi connectivity index (χ2n) is 25.8. The Morgan fingerprint density at radius 2 is 0.564 bits per heavy atom. The SMILES string of the molecule is C[Si](C)(C)C(c1ccc(C([Si](C)(C)C)[Si](C)(C)C)c(-c2[c-]c(-c3cc(C([Si](C)(C)C)[Si](C)(C)C)ccc3C([Si](C)(C)C)[Si](C)(C)C)ccc2)c1)[Si](C)(C)C.[Li+]. The summed E-state index contributed by atoms with van der Waals surface area (Å²) in [5, 5.41) is 2.74. The van der Waals surface area contributed by atoms with Gasteiger partial charge in [0.2, 0.25) is 0 Å². The van der Waals surface area contributed by atoms with Crippen LogP contribution >= 0.6 is 0 Å². The minimum Gasteiger partial charge on any atom is -0.129 e. The Morgan fingerprint density at radius 1 is 0.327 bits per heavy atom. The Labute approximate surface area is 363 Å². The van der Waals surface area contributed by atoms with Crippen LogP contribution in [0.3, 0.4) is 0 Å². The van der Waals surface area contributed by atoms with Crippen molar-refractivity contribution in [2.24, 2.45) is 0 Å². The molecule has 0 N–H and O–H groups in total. The molecule has 0 bridgehead atoms. The van der Waals surface area contributed by atoms with Crippen LogP contribution in [0.15, 0.2) is 54.6 Å². The van der Waals surface area contributed by atoms with E-state index in [2.05, 4.69) is 218 Å². The fourth-order valence-electron chi connectivity index (χ4n) is 12.3. The zero-order valence-electron chi connectivity index (χ0n) is 41.0. The summed E-state index contributed by atoms with van der Waals surface area (Å²) in [4.78, 5) is 0. The molecule has 0 radical (unpaired) electrons. The number of hydrogen-bond donors (Lipinski definition) is 0. The maximum absolute atomic E-state index is 4.27. The van der Waals surface area contributed by atoms with Gasteiger partial charge in [-0.2, -0.15) is 0 Å². The largest absolute Gasteiger partial charge is 1.00 e. The van der Waals surface area contributed by atoms with Gasteiger partial charge in [-0.25, -0.2) is 0 Å². The van der Waals surface area contributed by atoms with Crippen molar-refractivity contribution in [3.8, 4) is 22.3 Å². The summed E-state index contributed by atoms with van der Waals surface area (Å²) in [5.41, 5.74) is 12.0. The van der Waals surface area contributed by atoms with Crippen LogP contribution in [0.1, 0.15) is 42.9 Å². The quantitative estimate of drug-likeness (QED) is 0.112. The van der Waals surface area contributed by atoms with E-state index in [1.807, 2.05) is 0 Å². The number of hydrogen-bond acceptors (Lipinski definition) is 0. The van der Waals surface area contributed by atoms with Gasteiger partial charge < -0.3 is 0 Å². The van der Waals surface area contributed by atoms with Crippen molar-refractivity contribution in [2.75, 3.05) is 0 Å². The van der Waals surface area contributed by atoms with E-state index in [1.54, 1.807) is 22.3 Å². The van der Waals surface area contributed by atoms with Crippen LogP contribution in [0.5, 0.6) is 0 Å². The fraction of sp³-hybridized carbons (Fsp3) is 0.609. The Bertz CT molecular complexity index is 1580. The summed E-state index contributed by atoms with van der Waals surface area (Å²) < 4.78 is 0. The summed E-state index contributed by atoms with van der Waals surface area (Å²) >= 11 is 0. The molecular weight excluding hydrogens is 784 g/mol. The van der Waals surface area contributed by atoms with Crippen LogP contribution in [0.2, 0.25) is 157 Å². The summed E-state index contributed by atoms with van der Waals surface area (Å²) in [5.74, 6) is 0. The molecule has 0 aliphatic carbocycles. The standard InChI is InChI=1S/C46H85Si8.Li/c1-47(2,3)43(48(4,5)6)37-28-30-39(45(51(13,14)15)52(16,17)18)41(33-37)35-26-25-27-36(32-35)42-34-38(44(49(7,8)9)50(10,11)12)29-31-40(42)46(53(19,20)21)54(22,23)24;/h25-31,33-34,43-46H,1-24H3;/q-1;+1. The molecule has 302 valence electrons. The van der Waals surface area contributed by atoms with E-state index >= 15 is 0 Å². The average Bonchev–Trinajstić information content (AvgIpc) is 2.88. The molecule has 0 heterocycles. The second kappa shape index (κ2) is 17.2. The molecule has 3 rings (SSSR count). The van der Waals surface area contributed by atoms with Crippen molar-refractivity contribution in [3.63, 3.8) is 0 Å². The van der Waals surface area contributed by atoms with E-state index in [0.717, 1.165) is 0 Å². The molecule has 0 aromatic heterocycles. The first-order valence-electron chi connectivity index (χ1n) is 21.2. The molecule has 0 atom stereocenters. The van der Waals surface area contributed by atoms with Gasteiger partial charge in [0.15, 0.2) is 0 Å². The van der Waals surface area contributed by atoms with Crippen molar-refractivity contribution >= 4 is 64.6 Å². The van der Waals surface area contributed by atoms with Crippen LogP contribution in [0.4, 0.5) is 0 Å². The van der Waals surface area contributed by atoms with Crippen LogP contribution in [-0.4, -0.2) is 64.6 Å². The van der Waals surface area contributed by atoms with E-state index in [1.165, 1.54) is 22.3 Å². The van der Waals surface area contributed by atoms with Gasteiger partial charge >= 0.3 is 18.9 Å². The minimum atomic E-state index is -1.56. The Hall–Kier alpha value is -0.00753. The Kier molecular flexibility index (Phi) is 16.0. The summed E-state index contributed by atoms with van der Waals surface area (Å²) in [6.07, 6.45) is 0. The first kappa shape index (κ1) is 51.1. The first-order valence-corrected chi connectivity index (χ1v) is 49.8. The topological polar surface area (TPSA) is 0 Å².